The highest BCUT2D eigenvalue weighted by atomic mass is 16.5. The summed E-state index contributed by atoms with van der Waals surface area (Å²) >= 11 is 0. The molecule has 126 valence electrons. The van der Waals surface area contributed by atoms with Crippen molar-refractivity contribution in [1.82, 2.24) is 10.2 Å². The Labute approximate surface area is 137 Å². The van der Waals surface area contributed by atoms with Gasteiger partial charge in [-0.25, -0.2) is 0 Å². The number of hydrogen-bond acceptors (Lipinski definition) is 4. The number of primary amides is 1. The fraction of sp³-hybridized carbons (Fsp3) is 0.529. The Bertz CT molecular complexity index is 527. The zero-order valence-electron chi connectivity index (χ0n) is 13.6. The molecule has 0 spiro atoms. The number of nitrogens with two attached hydrogens (primary N) is 1. The molecule has 0 aliphatic carbocycles. The first-order valence-corrected chi connectivity index (χ1v) is 7.89. The van der Waals surface area contributed by atoms with Gasteiger partial charge in [0.2, 0.25) is 11.8 Å². The van der Waals surface area contributed by atoms with Crippen LogP contribution in [0.4, 0.5) is 0 Å². The van der Waals surface area contributed by atoms with Crippen LogP contribution in [0, 0.1) is 5.41 Å². The summed E-state index contributed by atoms with van der Waals surface area (Å²) in [6.07, 6.45) is 1.12. The summed E-state index contributed by atoms with van der Waals surface area (Å²) in [5, 5.41) is 2.85. The Morgan fingerprint density at radius 3 is 2.52 bits per heavy atom. The number of carbonyl (C=O) groups is 2. The monoisotopic (exact) mass is 319 g/mol. The van der Waals surface area contributed by atoms with Crippen molar-refractivity contribution in [3.05, 3.63) is 35.9 Å². The van der Waals surface area contributed by atoms with E-state index in [2.05, 4.69) is 5.32 Å². The predicted molar refractivity (Wildman–Crippen MR) is 87.5 cm³/mol. The minimum atomic E-state index is -0.675. The molecule has 1 saturated heterocycles. The van der Waals surface area contributed by atoms with E-state index < -0.39 is 5.41 Å². The number of carbonyl (C=O) groups excluding carboxylic acids is 2. The van der Waals surface area contributed by atoms with Crippen LogP contribution in [0.3, 0.4) is 0 Å². The van der Waals surface area contributed by atoms with Gasteiger partial charge in [0.15, 0.2) is 0 Å². The van der Waals surface area contributed by atoms with Crippen LogP contribution < -0.4 is 11.1 Å². The minimum absolute atomic E-state index is 0.101. The largest absolute Gasteiger partial charge is 0.381 e. The van der Waals surface area contributed by atoms with E-state index in [0.717, 1.165) is 5.56 Å². The van der Waals surface area contributed by atoms with Gasteiger partial charge in [-0.1, -0.05) is 30.3 Å². The molecule has 0 bridgehead atoms. The van der Waals surface area contributed by atoms with Crippen LogP contribution in [0.5, 0.6) is 0 Å². The lowest BCUT2D eigenvalue weighted by Gasteiger charge is -2.34. The molecular weight excluding hydrogens is 294 g/mol. The van der Waals surface area contributed by atoms with E-state index in [0.29, 0.717) is 32.6 Å². The molecular formula is C17H25N3O3. The maximum atomic E-state index is 12.1. The Balaban J connectivity index is 1.80. The van der Waals surface area contributed by atoms with Crippen LogP contribution in [0.15, 0.2) is 30.3 Å². The van der Waals surface area contributed by atoms with Gasteiger partial charge in [-0.05, 0) is 25.5 Å². The lowest BCUT2D eigenvalue weighted by Crippen LogP contribution is -2.50. The quantitative estimate of drug-likeness (QED) is 0.767. The molecule has 6 heteroatoms. The Kier molecular flexibility index (Phi) is 6.12. The highest BCUT2D eigenvalue weighted by Crippen LogP contribution is 2.29. The third-order valence-electron chi connectivity index (χ3n) is 4.31. The summed E-state index contributed by atoms with van der Waals surface area (Å²) in [4.78, 5) is 25.8. The lowest BCUT2D eigenvalue weighted by molar-refractivity contribution is -0.134. The summed E-state index contributed by atoms with van der Waals surface area (Å²) in [5.74, 6) is -0.464. The number of benzene rings is 1. The standard InChI is InChI=1S/C17H25N3O3/c1-20(11-14-5-3-2-4-6-14)12-15(21)19-13-17(16(18)22)7-9-23-10-8-17/h2-6H,7-13H2,1H3,(H2,18,22)(H,19,21). The van der Waals surface area contributed by atoms with Gasteiger partial charge in [-0.3, -0.25) is 14.5 Å². The smallest absolute Gasteiger partial charge is 0.234 e. The second-order valence-electron chi connectivity index (χ2n) is 6.19. The highest BCUT2D eigenvalue weighted by Gasteiger charge is 2.38. The van der Waals surface area contributed by atoms with Crippen molar-refractivity contribution in [2.75, 3.05) is 33.4 Å². The molecule has 2 amide bonds. The van der Waals surface area contributed by atoms with Crippen molar-refractivity contribution in [3.63, 3.8) is 0 Å². The highest BCUT2D eigenvalue weighted by molar-refractivity contribution is 5.83. The molecule has 3 N–H and O–H groups in total. The van der Waals surface area contributed by atoms with Crippen molar-refractivity contribution in [1.29, 1.82) is 0 Å². The number of hydrogen-bond donors (Lipinski definition) is 2. The third kappa shape index (κ3) is 5.04. The second kappa shape index (κ2) is 8.08. The topological polar surface area (TPSA) is 84.7 Å². The number of rotatable bonds is 7. The molecule has 0 unspecified atom stereocenters. The Hall–Kier alpha value is -1.92. The van der Waals surface area contributed by atoms with Crippen molar-refractivity contribution >= 4 is 11.8 Å². The van der Waals surface area contributed by atoms with E-state index in [1.54, 1.807) is 0 Å². The van der Waals surface area contributed by atoms with Crippen LogP contribution in [-0.2, 0) is 20.9 Å². The second-order valence-corrected chi connectivity index (χ2v) is 6.19. The number of amides is 2. The maximum absolute atomic E-state index is 12.1. The maximum Gasteiger partial charge on any atom is 0.234 e. The number of likely N-dealkylation sites (N-methyl/N-ethyl adjacent to an activating group) is 1. The first kappa shape index (κ1) is 17.4. The first-order valence-electron chi connectivity index (χ1n) is 7.89. The summed E-state index contributed by atoms with van der Waals surface area (Å²) in [5.41, 5.74) is 6.01. The zero-order valence-corrected chi connectivity index (χ0v) is 13.6. The third-order valence-corrected chi connectivity index (χ3v) is 4.31. The number of nitrogens with one attached hydrogen (secondary N) is 1. The normalized spacial score (nSPS) is 17.0. The first-order chi connectivity index (χ1) is 11.0. The molecule has 1 fully saturated rings. The van der Waals surface area contributed by atoms with Gasteiger partial charge in [0.25, 0.3) is 0 Å². The van der Waals surface area contributed by atoms with E-state index in [1.807, 2.05) is 42.3 Å². The SMILES string of the molecule is CN(CC(=O)NCC1(C(N)=O)CCOCC1)Cc1ccccc1. The van der Waals surface area contributed by atoms with Crippen molar-refractivity contribution in [2.45, 2.75) is 19.4 Å². The molecule has 0 radical (unpaired) electrons. The van der Waals surface area contributed by atoms with Gasteiger partial charge >= 0.3 is 0 Å². The fourth-order valence-corrected chi connectivity index (χ4v) is 2.79. The van der Waals surface area contributed by atoms with Crippen LogP contribution >= 0.6 is 0 Å². The molecule has 1 aromatic carbocycles. The van der Waals surface area contributed by atoms with Crippen LogP contribution in [0.2, 0.25) is 0 Å². The van der Waals surface area contributed by atoms with Gasteiger partial charge in [0, 0.05) is 26.3 Å². The minimum Gasteiger partial charge on any atom is -0.381 e. The number of nitrogens with zero attached hydrogens (tertiary/aromatic N) is 1. The summed E-state index contributed by atoms with van der Waals surface area (Å²) in [6.45, 7) is 2.27. The molecule has 1 aliphatic heterocycles. The van der Waals surface area contributed by atoms with Gasteiger partial charge < -0.3 is 15.8 Å². The molecule has 2 rings (SSSR count). The number of ether oxygens (including phenoxy) is 1. The van der Waals surface area contributed by atoms with Crippen molar-refractivity contribution in [2.24, 2.45) is 11.1 Å². The molecule has 1 heterocycles. The molecule has 1 aromatic rings. The van der Waals surface area contributed by atoms with E-state index in [1.165, 1.54) is 0 Å². The molecule has 0 atom stereocenters. The Morgan fingerprint density at radius 1 is 1.26 bits per heavy atom. The van der Waals surface area contributed by atoms with Gasteiger partial charge in [0.05, 0.1) is 12.0 Å². The summed E-state index contributed by atoms with van der Waals surface area (Å²) < 4.78 is 5.28. The van der Waals surface area contributed by atoms with Gasteiger partial charge in [-0.2, -0.15) is 0 Å². The van der Waals surface area contributed by atoms with Gasteiger partial charge in [-0.15, -0.1) is 0 Å². The molecule has 0 aromatic heterocycles. The average molecular weight is 319 g/mol. The van der Waals surface area contributed by atoms with E-state index in [-0.39, 0.29) is 24.9 Å². The Morgan fingerprint density at radius 2 is 1.91 bits per heavy atom. The van der Waals surface area contributed by atoms with E-state index >= 15 is 0 Å². The van der Waals surface area contributed by atoms with Crippen LogP contribution in [-0.4, -0.2) is 50.1 Å². The van der Waals surface area contributed by atoms with Gasteiger partial charge in [0.1, 0.15) is 0 Å². The summed E-state index contributed by atoms with van der Waals surface area (Å²) in [7, 11) is 1.89. The van der Waals surface area contributed by atoms with Crippen LogP contribution in [0.25, 0.3) is 0 Å². The molecule has 1 aliphatic rings. The predicted octanol–water partition coefficient (Wildman–Crippen LogP) is 0.517. The van der Waals surface area contributed by atoms with E-state index in [9.17, 15) is 9.59 Å². The molecule has 0 saturated carbocycles. The average Bonchev–Trinajstić information content (AvgIpc) is 2.54. The fourth-order valence-electron chi connectivity index (χ4n) is 2.79. The van der Waals surface area contributed by atoms with Crippen molar-refractivity contribution in [3.8, 4) is 0 Å². The summed E-state index contributed by atoms with van der Waals surface area (Å²) in [6, 6.07) is 9.97. The van der Waals surface area contributed by atoms with E-state index in [4.69, 9.17) is 10.5 Å². The zero-order chi connectivity index (χ0) is 16.7. The molecule has 6 nitrogen and oxygen atoms in total. The van der Waals surface area contributed by atoms with Crippen LogP contribution in [0.1, 0.15) is 18.4 Å². The lowest BCUT2D eigenvalue weighted by atomic mass is 9.79. The molecule has 23 heavy (non-hydrogen) atoms. The van der Waals surface area contributed by atoms with Crippen molar-refractivity contribution < 1.29 is 14.3 Å².